The summed E-state index contributed by atoms with van der Waals surface area (Å²) in [6.45, 7) is 5.24. The number of rotatable bonds is 7. The molecule has 0 aliphatic carbocycles. The van der Waals surface area contributed by atoms with Crippen molar-refractivity contribution in [2.45, 2.75) is 39.0 Å². The molecule has 8 heteroatoms. The molecule has 1 N–H and O–H groups in total. The number of hydrazine groups is 1. The van der Waals surface area contributed by atoms with Gasteiger partial charge >= 0.3 is 6.03 Å². The molecule has 188 valence electrons. The van der Waals surface area contributed by atoms with Crippen LogP contribution in [0.2, 0.25) is 0 Å². The molecule has 2 atom stereocenters. The Balaban J connectivity index is 1.66. The Morgan fingerprint density at radius 1 is 1.06 bits per heavy atom. The second-order valence-electron chi connectivity index (χ2n) is 9.64. The Labute approximate surface area is 212 Å². The van der Waals surface area contributed by atoms with Gasteiger partial charge in [0.25, 0.3) is 0 Å². The van der Waals surface area contributed by atoms with Crippen LogP contribution in [0.5, 0.6) is 0 Å². The summed E-state index contributed by atoms with van der Waals surface area (Å²) < 4.78 is 0. The third-order valence-electron chi connectivity index (χ3n) is 6.46. The van der Waals surface area contributed by atoms with Gasteiger partial charge in [0.1, 0.15) is 12.2 Å². The molecule has 8 nitrogen and oxygen atoms in total. The maximum atomic E-state index is 13.6. The highest BCUT2D eigenvalue weighted by atomic mass is 16.2. The van der Waals surface area contributed by atoms with Crippen molar-refractivity contribution in [3.05, 3.63) is 71.8 Å². The van der Waals surface area contributed by atoms with Gasteiger partial charge in [-0.2, -0.15) is 5.01 Å². The molecule has 0 saturated carbocycles. The molecule has 36 heavy (non-hydrogen) atoms. The van der Waals surface area contributed by atoms with Crippen LogP contribution < -0.4 is 5.32 Å². The molecule has 0 bridgehead atoms. The highest BCUT2D eigenvalue weighted by Gasteiger charge is 2.51. The third-order valence-corrected chi connectivity index (χ3v) is 6.46. The van der Waals surface area contributed by atoms with Crippen LogP contribution in [0.15, 0.2) is 60.7 Å². The Hall–Kier alpha value is -3.83. The molecule has 2 heterocycles. The third kappa shape index (κ3) is 5.52. The van der Waals surface area contributed by atoms with E-state index in [0.717, 1.165) is 11.1 Å². The fourth-order valence-corrected chi connectivity index (χ4v) is 4.93. The topological polar surface area (TPSA) is 76.2 Å². The fourth-order valence-electron chi connectivity index (χ4n) is 4.93. The Bertz CT molecular complexity index is 1120. The molecule has 2 aliphatic heterocycles. The fraction of sp³-hybridized carbons (Fsp3) is 0.393. The molecule has 0 unspecified atom stereocenters. The summed E-state index contributed by atoms with van der Waals surface area (Å²) >= 11 is 0. The summed E-state index contributed by atoms with van der Waals surface area (Å²) in [5.41, 5.74) is 1.92. The lowest BCUT2D eigenvalue weighted by molar-refractivity contribution is -0.189. The van der Waals surface area contributed by atoms with Crippen molar-refractivity contribution >= 4 is 17.8 Å². The molecule has 2 aromatic rings. The van der Waals surface area contributed by atoms with Crippen LogP contribution >= 0.6 is 0 Å². The van der Waals surface area contributed by atoms with Gasteiger partial charge in [0, 0.05) is 19.5 Å². The van der Waals surface area contributed by atoms with E-state index in [1.165, 1.54) is 0 Å². The first-order chi connectivity index (χ1) is 17.4. The highest BCUT2D eigenvalue weighted by Crippen LogP contribution is 2.28. The van der Waals surface area contributed by atoms with E-state index < -0.39 is 12.2 Å². The number of fused-ring (bicyclic) bond motifs is 1. The smallest absolute Gasteiger partial charge is 0.334 e. The summed E-state index contributed by atoms with van der Waals surface area (Å²) in [4.78, 5) is 44.0. The van der Waals surface area contributed by atoms with E-state index in [9.17, 15) is 14.4 Å². The van der Waals surface area contributed by atoms with Crippen LogP contribution in [-0.4, -0.2) is 76.0 Å². The predicted octanol–water partition coefficient (Wildman–Crippen LogP) is 2.33. The molecule has 2 aliphatic rings. The van der Waals surface area contributed by atoms with Crippen molar-refractivity contribution in [1.29, 1.82) is 0 Å². The monoisotopic (exact) mass is 487 g/mol. The molecular weight excluding hydrogens is 454 g/mol. The van der Waals surface area contributed by atoms with Gasteiger partial charge in [-0.05, 0) is 17.0 Å². The van der Waals surface area contributed by atoms with Crippen LogP contribution in [0.4, 0.5) is 4.79 Å². The molecule has 0 aromatic heterocycles. The molecule has 0 spiro atoms. The van der Waals surface area contributed by atoms with Crippen LogP contribution in [0, 0.1) is 18.3 Å². The number of urea groups is 1. The number of carbonyl (C=O) groups excluding carboxylic acids is 3. The summed E-state index contributed by atoms with van der Waals surface area (Å²) in [6, 6.07) is 18.2. The summed E-state index contributed by atoms with van der Waals surface area (Å²) in [5.74, 6) is 2.51. The van der Waals surface area contributed by atoms with Crippen LogP contribution in [0.1, 0.15) is 25.0 Å². The van der Waals surface area contributed by atoms with E-state index in [1.807, 2.05) is 74.5 Å². The lowest BCUT2D eigenvalue weighted by atomic mass is 9.98. The van der Waals surface area contributed by atoms with E-state index in [-0.39, 0.29) is 43.4 Å². The maximum absolute atomic E-state index is 13.6. The second kappa shape index (κ2) is 11.3. The number of benzene rings is 2. The molecule has 4 rings (SSSR count). The summed E-state index contributed by atoms with van der Waals surface area (Å²) in [7, 11) is 0. The van der Waals surface area contributed by atoms with Gasteiger partial charge in [0.15, 0.2) is 0 Å². The van der Waals surface area contributed by atoms with Crippen LogP contribution in [-0.2, 0) is 22.6 Å². The Morgan fingerprint density at radius 2 is 1.69 bits per heavy atom. The Morgan fingerprint density at radius 3 is 2.31 bits per heavy atom. The number of hydrogen-bond acceptors (Lipinski definition) is 4. The average Bonchev–Trinajstić information content (AvgIpc) is 2.86. The minimum Gasteiger partial charge on any atom is -0.337 e. The van der Waals surface area contributed by atoms with Gasteiger partial charge in [-0.15, -0.1) is 6.42 Å². The average molecular weight is 488 g/mol. The van der Waals surface area contributed by atoms with E-state index in [1.54, 1.807) is 19.8 Å². The first-order valence-electron chi connectivity index (χ1n) is 12.3. The number of hydrogen-bond donors (Lipinski definition) is 1. The van der Waals surface area contributed by atoms with Crippen molar-refractivity contribution in [2.24, 2.45) is 5.92 Å². The van der Waals surface area contributed by atoms with E-state index >= 15 is 0 Å². The number of amides is 4. The zero-order chi connectivity index (χ0) is 25.7. The molecule has 2 aromatic carbocycles. The van der Waals surface area contributed by atoms with Gasteiger partial charge in [0.2, 0.25) is 11.8 Å². The second-order valence-corrected chi connectivity index (χ2v) is 9.64. The molecular formula is C28H33N5O3. The van der Waals surface area contributed by atoms with Gasteiger partial charge in [0.05, 0.1) is 19.6 Å². The van der Waals surface area contributed by atoms with Crippen molar-refractivity contribution < 1.29 is 14.4 Å². The molecule has 2 saturated heterocycles. The molecule has 2 fully saturated rings. The quantitative estimate of drug-likeness (QED) is 0.609. The molecule has 4 amide bonds. The number of carbonyl (C=O) groups is 3. The van der Waals surface area contributed by atoms with Crippen LogP contribution in [0.3, 0.4) is 0 Å². The van der Waals surface area contributed by atoms with E-state index in [4.69, 9.17) is 6.42 Å². The van der Waals surface area contributed by atoms with Gasteiger partial charge in [-0.3, -0.25) is 9.59 Å². The highest BCUT2D eigenvalue weighted by molar-refractivity contribution is 5.91. The van der Waals surface area contributed by atoms with Crippen molar-refractivity contribution in [3.8, 4) is 12.3 Å². The van der Waals surface area contributed by atoms with E-state index in [2.05, 4.69) is 11.2 Å². The summed E-state index contributed by atoms with van der Waals surface area (Å²) in [6.07, 6.45) is 5.33. The zero-order valence-electron chi connectivity index (χ0n) is 20.8. The number of terminal acetylenes is 1. The summed E-state index contributed by atoms with van der Waals surface area (Å²) in [5, 5.41) is 6.12. The van der Waals surface area contributed by atoms with Crippen molar-refractivity contribution in [3.63, 3.8) is 0 Å². The lowest BCUT2D eigenvalue weighted by Crippen LogP contribution is -2.76. The molecule has 0 radical (unpaired) electrons. The maximum Gasteiger partial charge on any atom is 0.334 e. The Kier molecular flexibility index (Phi) is 7.91. The SMILES string of the molecule is C#CCN1CC(=O)N2[C@@H](Cc3ccccc3)C(=O)N(CC(C)C)C[C@@H]2N1C(=O)NCc1ccccc1. The van der Waals surface area contributed by atoms with E-state index in [0.29, 0.717) is 19.5 Å². The van der Waals surface area contributed by atoms with Crippen molar-refractivity contribution in [2.75, 3.05) is 26.2 Å². The minimum absolute atomic E-state index is 0.0673. The lowest BCUT2D eigenvalue weighted by Gasteiger charge is -2.55. The largest absolute Gasteiger partial charge is 0.337 e. The number of nitrogens with one attached hydrogen (secondary N) is 1. The minimum atomic E-state index is -0.699. The van der Waals surface area contributed by atoms with Gasteiger partial charge < -0.3 is 15.1 Å². The number of nitrogens with zero attached hydrogens (tertiary/aromatic N) is 4. The van der Waals surface area contributed by atoms with Crippen molar-refractivity contribution in [1.82, 2.24) is 25.1 Å². The predicted molar refractivity (Wildman–Crippen MR) is 137 cm³/mol. The first-order valence-corrected chi connectivity index (χ1v) is 12.3. The standard InChI is InChI=1S/C28H33N5O3/c1-4-15-31-20-26(34)32-24(16-22-11-7-5-8-12-22)27(35)30(18-21(2)3)19-25(32)33(31)28(36)29-17-23-13-9-6-10-14-23/h1,5-14,21,24-25H,15-20H2,2-3H3,(H,29,36)/t24-,25-/m0/s1. The van der Waals surface area contributed by atoms with Crippen LogP contribution in [0.25, 0.3) is 0 Å². The van der Waals surface area contributed by atoms with Gasteiger partial charge in [-0.1, -0.05) is 80.4 Å². The first kappa shape index (κ1) is 25.3. The number of piperazine rings is 1. The normalized spacial score (nSPS) is 20.3. The van der Waals surface area contributed by atoms with Gasteiger partial charge in [-0.25, -0.2) is 9.80 Å². The zero-order valence-corrected chi connectivity index (χ0v) is 20.8.